The van der Waals surface area contributed by atoms with Crippen molar-refractivity contribution in [3.8, 4) is 0 Å². The summed E-state index contributed by atoms with van der Waals surface area (Å²) in [5, 5.41) is 10.5. The third kappa shape index (κ3) is 4.62. The van der Waals surface area contributed by atoms with E-state index < -0.39 is 0 Å². The minimum absolute atomic E-state index is 0.00918. The van der Waals surface area contributed by atoms with E-state index in [0.29, 0.717) is 22.5 Å². The number of rotatable bonds is 7. The summed E-state index contributed by atoms with van der Waals surface area (Å²) in [5.41, 5.74) is 5.55. The predicted molar refractivity (Wildman–Crippen MR) is 137 cm³/mol. The SMILES string of the molecule is CCN(CC)c1ccc(C=Nc2ccc(N=C(C)C3=C(O)c4ccccc4C3=O)cc2)cc1. The molecule has 5 heteroatoms. The number of aliphatic imine (C=N–C) groups is 2. The van der Waals surface area contributed by atoms with Crippen LogP contribution in [0, 0.1) is 0 Å². The molecule has 1 N–H and O–H groups in total. The van der Waals surface area contributed by atoms with Gasteiger partial charge in [-0.15, -0.1) is 0 Å². The van der Waals surface area contributed by atoms with Gasteiger partial charge >= 0.3 is 0 Å². The molecule has 0 unspecified atom stereocenters. The highest BCUT2D eigenvalue weighted by molar-refractivity contribution is 6.35. The van der Waals surface area contributed by atoms with Crippen molar-refractivity contribution < 1.29 is 9.90 Å². The summed E-state index contributed by atoms with van der Waals surface area (Å²) in [6.07, 6.45) is 1.84. The Hall–Kier alpha value is -3.99. The molecule has 0 saturated carbocycles. The number of fused-ring (bicyclic) bond motifs is 1. The topological polar surface area (TPSA) is 65.3 Å². The fourth-order valence-electron chi connectivity index (χ4n) is 3.97. The van der Waals surface area contributed by atoms with Crippen LogP contribution >= 0.6 is 0 Å². The molecule has 0 heterocycles. The lowest BCUT2D eigenvalue weighted by Gasteiger charge is -2.20. The summed E-state index contributed by atoms with van der Waals surface area (Å²) in [5.74, 6) is -0.206. The van der Waals surface area contributed by atoms with Gasteiger partial charge in [-0.05, 0) is 62.7 Å². The summed E-state index contributed by atoms with van der Waals surface area (Å²) in [6.45, 7) is 8.01. The van der Waals surface area contributed by atoms with E-state index in [1.165, 1.54) is 5.69 Å². The maximum Gasteiger partial charge on any atom is 0.199 e. The van der Waals surface area contributed by atoms with Gasteiger partial charge in [0, 0.05) is 36.1 Å². The Morgan fingerprint density at radius 2 is 1.48 bits per heavy atom. The standard InChI is InChI=1S/C28H27N3O2/c1-4-31(5-2)23-16-10-20(11-17-23)18-29-21-12-14-22(15-13-21)30-19(3)26-27(32)24-8-6-7-9-25(24)28(26)33/h6-18,32H,4-5H2,1-3H3. The number of nitrogens with zero attached hydrogens (tertiary/aromatic N) is 3. The lowest BCUT2D eigenvalue weighted by Crippen LogP contribution is -2.21. The maximum atomic E-state index is 12.7. The van der Waals surface area contributed by atoms with Gasteiger partial charge < -0.3 is 10.0 Å². The minimum Gasteiger partial charge on any atom is -0.506 e. The van der Waals surface area contributed by atoms with Gasteiger partial charge in [-0.2, -0.15) is 0 Å². The second kappa shape index (κ2) is 9.65. The van der Waals surface area contributed by atoms with E-state index >= 15 is 0 Å². The maximum absolute atomic E-state index is 12.7. The van der Waals surface area contributed by atoms with Gasteiger partial charge in [0.15, 0.2) is 5.78 Å². The molecule has 0 bridgehead atoms. The van der Waals surface area contributed by atoms with Gasteiger partial charge in [-0.1, -0.05) is 36.4 Å². The molecule has 3 aromatic rings. The number of allylic oxidation sites excluding steroid dienone is 1. The average molecular weight is 438 g/mol. The highest BCUT2D eigenvalue weighted by Crippen LogP contribution is 2.32. The highest BCUT2D eigenvalue weighted by Gasteiger charge is 2.30. The molecule has 0 amide bonds. The summed E-state index contributed by atoms with van der Waals surface area (Å²) >= 11 is 0. The van der Waals surface area contributed by atoms with E-state index in [4.69, 9.17) is 0 Å². The van der Waals surface area contributed by atoms with Crippen LogP contribution in [0.3, 0.4) is 0 Å². The molecule has 0 radical (unpaired) electrons. The Kier molecular flexibility index (Phi) is 6.50. The van der Waals surface area contributed by atoms with Crippen molar-refractivity contribution in [3.63, 3.8) is 0 Å². The lowest BCUT2D eigenvalue weighted by molar-refractivity contribution is 0.104. The molecule has 3 aromatic carbocycles. The fourth-order valence-corrected chi connectivity index (χ4v) is 3.97. The van der Waals surface area contributed by atoms with Crippen LogP contribution in [-0.4, -0.2) is 35.9 Å². The molecule has 0 aliphatic heterocycles. The first-order valence-corrected chi connectivity index (χ1v) is 11.1. The third-order valence-electron chi connectivity index (χ3n) is 5.78. The third-order valence-corrected chi connectivity index (χ3v) is 5.78. The number of benzene rings is 3. The number of carbonyl (C=O) groups is 1. The molecule has 0 fully saturated rings. The Morgan fingerprint density at radius 1 is 0.879 bits per heavy atom. The fraction of sp³-hybridized carbons (Fsp3) is 0.179. The normalized spacial score (nSPS) is 13.7. The van der Waals surface area contributed by atoms with Gasteiger partial charge in [-0.25, -0.2) is 0 Å². The molecule has 0 saturated heterocycles. The second-order valence-corrected chi connectivity index (χ2v) is 7.83. The number of carbonyl (C=O) groups excluding carboxylic acids is 1. The van der Waals surface area contributed by atoms with E-state index in [-0.39, 0.29) is 17.1 Å². The van der Waals surface area contributed by atoms with Crippen molar-refractivity contribution in [1.29, 1.82) is 0 Å². The van der Waals surface area contributed by atoms with Crippen molar-refractivity contribution >= 4 is 40.5 Å². The summed E-state index contributed by atoms with van der Waals surface area (Å²) < 4.78 is 0. The molecule has 166 valence electrons. The van der Waals surface area contributed by atoms with E-state index in [1.807, 2.05) is 30.5 Å². The van der Waals surface area contributed by atoms with Crippen LogP contribution < -0.4 is 4.90 Å². The molecule has 4 rings (SSSR count). The molecule has 0 aromatic heterocycles. The van der Waals surface area contributed by atoms with Crippen molar-refractivity contribution in [2.75, 3.05) is 18.0 Å². The van der Waals surface area contributed by atoms with Gasteiger partial charge in [0.25, 0.3) is 0 Å². The Bertz CT molecular complexity index is 1250. The van der Waals surface area contributed by atoms with Gasteiger partial charge in [0.1, 0.15) is 5.76 Å². The zero-order chi connectivity index (χ0) is 23.4. The van der Waals surface area contributed by atoms with Crippen LogP contribution in [-0.2, 0) is 0 Å². The molecular formula is C28H27N3O2. The van der Waals surface area contributed by atoms with Crippen molar-refractivity contribution in [3.05, 3.63) is 95.1 Å². The van der Waals surface area contributed by atoms with Crippen LogP contribution in [0.2, 0.25) is 0 Å². The summed E-state index contributed by atoms with van der Waals surface area (Å²) in [6, 6.07) is 22.9. The summed E-state index contributed by atoms with van der Waals surface area (Å²) in [4.78, 5) is 24.1. The summed E-state index contributed by atoms with van der Waals surface area (Å²) in [7, 11) is 0. The van der Waals surface area contributed by atoms with Gasteiger partial charge in [0.05, 0.1) is 22.7 Å². The Labute approximate surface area is 194 Å². The lowest BCUT2D eigenvalue weighted by atomic mass is 10.1. The molecule has 5 nitrogen and oxygen atoms in total. The molecule has 33 heavy (non-hydrogen) atoms. The second-order valence-electron chi connectivity index (χ2n) is 7.83. The van der Waals surface area contributed by atoms with Crippen LogP contribution in [0.25, 0.3) is 5.76 Å². The van der Waals surface area contributed by atoms with Crippen molar-refractivity contribution in [2.45, 2.75) is 20.8 Å². The molecular weight excluding hydrogens is 410 g/mol. The highest BCUT2D eigenvalue weighted by atomic mass is 16.3. The zero-order valence-corrected chi connectivity index (χ0v) is 19.1. The van der Waals surface area contributed by atoms with E-state index in [2.05, 4.69) is 53.0 Å². The minimum atomic E-state index is -0.197. The smallest absolute Gasteiger partial charge is 0.199 e. The largest absolute Gasteiger partial charge is 0.506 e. The van der Waals surface area contributed by atoms with Crippen molar-refractivity contribution in [2.24, 2.45) is 9.98 Å². The van der Waals surface area contributed by atoms with Crippen LogP contribution in [0.4, 0.5) is 17.1 Å². The number of Topliss-reactive ketones (excluding diaryl/α,β-unsaturated/α-hetero) is 1. The quantitative estimate of drug-likeness (QED) is 0.427. The average Bonchev–Trinajstić information content (AvgIpc) is 3.10. The van der Waals surface area contributed by atoms with E-state index in [1.54, 1.807) is 31.2 Å². The molecule has 0 spiro atoms. The Balaban J connectivity index is 1.47. The first-order chi connectivity index (χ1) is 16.0. The van der Waals surface area contributed by atoms with Crippen molar-refractivity contribution in [1.82, 2.24) is 0 Å². The number of ketones is 1. The monoisotopic (exact) mass is 437 g/mol. The van der Waals surface area contributed by atoms with Crippen LogP contribution in [0.1, 0.15) is 42.3 Å². The predicted octanol–water partition coefficient (Wildman–Crippen LogP) is 6.54. The number of aliphatic hydroxyl groups excluding tert-OH is 1. The first-order valence-electron chi connectivity index (χ1n) is 11.1. The number of hydrogen-bond acceptors (Lipinski definition) is 5. The number of aliphatic hydroxyl groups is 1. The van der Waals surface area contributed by atoms with Gasteiger partial charge in [0.2, 0.25) is 0 Å². The number of anilines is 1. The van der Waals surface area contributed by atoms with E-state index in [9.17, 15) is 9.90 Å². The van der Waals surface area contributed by atoms with Crippen LogP contribution in [0.15, 0.2) is 88.4 Å². The van der Waals surface area contributed by atoms with E-state index in [0.717, 1.165) is 24.3 Å². The first kappa shape index (κ1) is 22.2. The zero-order valence-electron chi connectivity index (χ0n) is 19.1. The Morgan fingerprint density at radius 3 is 2.09 bits per heavy atom. The van der Waals surface area contributed by atoms with Crippen LogP contribution in [0.5, 0.6) is 0 Å². The van der Waals surface area contributed by atoms with Gasteiger partial charge in [-0.3, -0.25) is 14.8 Å². The number of hydrogen-bond donors (Lipinski definition) is 1. The molecule has 1 aliphatic rings. The molecule has 0 atom stereocenters. The molecule has 1 aliphatic carbocycles.